The quantitative estimate of drug-likeness (QED) is 0.281. The molecule has 1 atom stereocenters. The van der Waals surface area contributed by atoms with Crippen molar-refractivity contribution < 1.29 is 0 Å². The van der Waals surface area contributed by atoms with Crippen molar-refractivity contribution in [2.75, 3.05) is 13.1 Å². The Morgan fingerprint density at radius 3 is 2.42 bits per heavy atom. The van der Waals surface area contributed by atoms with E-state index in [-0.39, 0.29) is 0 Å². The minimum absolute atomic E-state index is 0.406. The molecule has 0 aromatic rings. The van der Waals surface area contributed by atoms with Gasteiger partial charge in [-0.05, 0) is 0 Å². The van der Waals surface area contributed by atoms with Gasteiger partial charge in [-0.2, -0.15) is 5.70 Å². The molecule has 0 spiro atoms. The topological polar surface area (TPSA) is 28.2 Å². The number of allylic oxidation sites excluding steroid dienone is 2. The van der Waals surface area contributed by atoms with E-state index in [4.69, 9.17) is 0 Å². The molecule has 2 aliphatic heterocycles. The van der Waals surface area contributed by atoms with E-state index in [1.807, 2.05) is 0 Å². The number of piperidine rings is 1. The first kappa shape index (κ1) is 18.5. The van der Waals surface area contributed by atoms with Crippen molar-refractivity contribution >= 4 is 47.7 Å². The predicted octanol–water partition coefficient (Wildman–Crippen LogP) is 6.08. The number of nitrogens with zero attached hydrogens (tertiary/aromatic N) is 2. The van der Waals surface area contributed by atoms with Crippen molar-refractivity contribution in [1.29, 1.82) is 0 Å². The third-order valence-corrected chi connectivity index (χ3v) is 29.8. The van der Waals surface area contributed by atoms with Crippen LogP contribution < -0.4 is 0 Å². The molecule has 0 aliphatic carbocycles. The van der Waals surface area contributed by atoms with Gasteiger partial charge in [-0.1, -0.05) is 31.4 Å². The first-order valence-corrected chi connectivity index (χ1v) is 27.8. The number of hydrogen-bond acceptors (Lipinski definition) is 0. The van der Waals surface area contributed by atoms with Crippen LogP contribution in [0.15, 0.2) is 23.9 Å². The zero-order valence-electron chi connectivity index (χ0n) is 11.9. The standard InChI is InChI=1S/C10H14N2.2C2H5.2HI.Sn/c1-3-7-11-9(5-1)10-6-2-4-8-12-10;2*1-2;;;/h1,3,5,10H,2,4,6-8H2;2*1H2,2H3;2*1H;/q-2;;;;;+2/p-2. The average Bonchev–Trinajstić information content (AvgIpc) is 2.50. The van der Waals surface area contributed by atoms with Gasteiger partial charge in [0.05, 0.1) is 0 Å². The van der Waals surface area contributed by atoms with E-state index in [2.05, 4.69) is 80.0 Å². The molecule has 0 bridgehead atoms. The fourth-order valence-corrected chi connectivity index (χ4v) is 3.36. The summed E-state index contributed by atoms with van der Waals surface area (Å²) in [7, 11) is -1.34. The Balaban J connectivity index is 0.000000224. The van der Waals surface area contributed by atoms with Crippen LogP contribution in [0.2, 0.25) is 8.87 Å². The van der Waals surface area contributed by atoms with Crippen LogP contribution >= 0.6 is 37.3 Å². The molecular weight excluding hydrogens is 569 g/mol. The summed E-state index contributed by atoms with van der Waals surface area (Å²) in [5.74, 6) is 0. The number of halogens is 2. The van der Waals surface area contributed by atoms with Gasteiger partial charge in [0.2, 0.25) is 0 Å². The molecule has 0 aromatic carbocycles. The fraction of sp³-hybridized carbons (Fsp3) is 0.714. The van der Waals surface area contributed by atoms with Crippen molar-refractivity contribution in [3.63, 3.8) is 0 Å². The Kier molecular flexibility index (Phi) is 10.0. The summed E-state index contributed by atoms with van der Waals surface area (Å²) >= 11 is 5.40. The van der Waals surface area contributed by atoms with Gasteiger partial charge in [0, 0.05) is 0 Å². The van der Waals surface area contributed by atoms with Crippen LogP contribution in [0, 0.1) is 0 Å². The normalized spacial score (nSPS) is 22.9. The van der Waals surface area contributed by atoms with Gasteiger partial charge in [0.15, 0.2) is 0 Å². The van der Waals surface area contributed by atoms with E-state index in [1.165, 1.54) is 33.8 Å². The maximum absolute atomic E-state index is 4.56. The molecule has 5 heteroatoms. The van der Waals surface area contributed by atoms with Gasteiger partial charge in [0.25, 0.3) is 0 Å². The molecular formula is C14H24I2N2Sn-2. The summed E-state index contributed by atoms with van der Waals surface area (Å²) in [6, 6.07) is 0.406. The summed E-state index contributed by atoms with van der Waals surface area (Å²) in [5, 5.41) is 8.99. The SMILES string of the molecule is C1=CC[N-]C(C2CCCC[N-]2)=C1.C[CH2][Sn]([I])([I])[CH2]C. The summed E-state index contributed by atoms with van der Waals surface area (Å²) in [6.07, 6.45) is 10.0. The molecule has 1 unspecified atom stereocenters. The van der Waals surface area contributed by atoms with Crippen LogP contribution in [-0.4, -0.2) is 29.6 Å². The van der Waals surface area contributed by atoms with Crippen LogP contribution in [0.5, 0.6) is 0 Å². The maximum atomic E-state index is 4.56. The van der Waals surface area contributed by atoms with E-state index in [0.717, 1.165) is 13.1 Å². The van der Waals surface area contributed by atoms with E-state index in [0.29, 0.717) is 6.04 Å². The van der Waals surface area contributed by atoms with Crippen molar-refractivity contribution in [2.45, 2.75) is 48.0 Å². The van der Waals surface area contributed by atoms with Crippen LogP contribution in [0.25, 0.3) is 10.6 Å². The third kappa shape index (κ3) is 7.90. The Labute approximate surface area is 141 Å². The molecule has 0 amide bonds. The summed E-state index contributed by atoms with van der Waals surface area (Å²) in [5.41, 5.74) is 1.19. The Hall–Kier alpha value is 1.50. The van der Waals surface area contributed by atoms with Gasteiger partial charge < -0.3 is 10.6 Å². The van der Waals surface area contributed by atoms with Crippen LogP contribution in [0.4, 0.5) is 0 Å². The molecule has 0 saturated carbocycles. The molecule has 0 aromatic heterocycles. The van der Waals surface area contributed by atoms with Crippen LogP contribution in [-0.2, 0) is 0 Å². The Morgan fingerprint density at radius 2 is 2.00 bits per heavy atom. The van der Waals surface area contributed by atoms with E-state index >= 15 is 0 Å². The second kappa shape index (κ2) is 10.3. The van der Waals surface area contributed by atoms with Gasteiger partial charge in [0.1, 0.15) is 0 Å². The number of hydrogen-bond donors (Lipinski definition) is 0. The summed E-state index contributed by atoms with van der Waals surface area (Å²) in [4.78, 5) is 0. The third-order valence-electron chi connectivity index (χ3n) is 3.39. The van der Waals surface area contributed by atoms with Gasteiger partial charge in [-0.25, -0.2) is 0 Å². The molecule has 2 aliphatic rings. The molecule has 110 valence electrons. The second-order valence-electron chi connectivity index (χ2n) is 4.84. The van der Waals surface area contributed by atoms with E-state index < -0.39 is 10.4 Å². The summed E-state index contributed by atoms with van der Waals surface area (Å²) in [6.45, 7) is 6.51. The zero-order valence-corrected chi connectivity index (χ0v) is 19.1. The molecule has 0 N–H and O–H groups in total. The molecule has 0 radical (unpaired) electrons. The van der Waals surface area contributed by atoms with Crippen molar-refractivity contribution in [3.8, 4) is 0 Å². The van der Waals surface area contributed by atoms with Gasteiger partial charge >= 0.3 is 70.4 Å². The van der Waals surface area contributed by atoms with Crippen molar-refractivity contribution in [1.82, 2.24) is 0 Å². The Bertz CT molecular complexity index is 305. The van der Waals surface area contributed by atoms with Crippen molar-refractivity contribution in [2.24, 2.45) is 0 Å². The Morgan fingerprint density at radius 1 is 1.26 bits per heavy atom. The molecule has 1 fully saturated rings. The summed E-state index contributed by atoms with van der Waals surface area (Å²) < 4.78 is 2.96. The van der Waals surface area contributed by atoms with Crippen LogP contribution in [0.3, 0.4) is 0 Å². The molecule has 2 rings (SSSR count). The molecule has 19 heavy (non-hydrogen) atoms. The van der Waals surface area contributed by atoms with Gasteiger partial charge in [-0.3, -0.25) is 0 Å². The number of rotatable bonds is 3. The van der Waals surface area contributed by atoms with Gasteiger partial charge in [-0.15, -0.1) is 25.2 Å². The predicted molar refractivity (Wildman–Crippen MR) is 106 cm³/mol. The molecule has 2 heterocycles. The van der Waals surface area contributed by atoms with Crippen LogP contribution in [0.1, 0.15) is 33.1 Å². The first-order valence-electron chi connectivity index (χ1n) is 7.17. The fourth-order valence-electron chi connectivity index (χ4n) is 1.93. The average molecular weight is 593 g/mol. The van der Waals surface area contributed by atoms with Crippen molar-refractivity contribution in [3.05, 3.63) is 34.6 Å². The van der Waals surface area contributed by atoms with E-state index in [1.54, 1.807) is 0 Å². The monoisotopic (exact) mass is 594 g/mol. The minimum atomic E-state index is -1.34. The van der Waals surface area contributed by atoms with E-state index in [9.17, 15) is 0 Å². The molecule has 1 saturated heterocycles. The zero-order chi connectivity index (χ0) is 14.1. The molecule has 2 nitrogen and oxygen atoms in total. The first-order chi connectivity index (χ1) is 9.09. The second-order valence-corrected chi connectivity index (χ2v) is 55.3.